The van der Waals surface area contributed by atoms with E-state index in [0.717, 1.165) is 24.5 Å². The Kier molecular flexibility index (Phi) is 6.87. The molecule has 5 heteroatoms. The molecule has 0 heterocycles. The van der Waals surface area contributed by atoms with Crippen molar-refractivity contribution in [3.05, 3.63) is 24.3 Å². The largest absolute Gasteiger partial charge is 0.497 e. The van der Waals surface area contributed by atoms with Gasteiger partial charge in [0.2, 0.25) is 5.91 Å². The van der Waals surface area contributed by atoms with Crippen LogP contribution in [0.2, 0.25) is 0 Å². The molecule has 112 valence electrons. The van der Waals surface area contributed by atoms with Crippen molar-refractivity contribution in [2.75, 3.05) is 47.9 Å². The van der Waals surface area contributed by atoms with Crippen molar-refractivity contribution in [3.63, 3.8) is 0 Å². The third kappa shape index (κ3) is 5.93. The van der Waals surface area contributed by atoms with Gasteiger partial charge in [0.15, 0.2) is 0 Å². The molecule has 20 heavy (non-hydrogen) atoms. The summed E-state index contributed by atoms with van der Waals surface area (Å²) in [5, 5.41) is 0. The summed E-state index contributed by atoms with van der Waals surface area (Å²) in [6.45, 7) is 1.90. The number of ether oxygens (including phenoxy) is 2. The van der Waals surface area contributed by atoms with Gasteiger partial charge in [0.25, 0.3) is 0 Å². The van der Waals surface area contributed by atoms with Crippen LogP contribution in [0, 0.1) is 0 Å². The van der Waals surface area contributed by atoms with Gasteiger partial charge < -0.3 is 14.4 Å². The Morgan fingerprint density at radius 2 is 1.70 bits per heavy atom. The molecule has 0 aliphatic rings. The quantitative estimate of drug-likeness (QED) is 0.677. The zero-order chi connectivity index (χ0) is 15.0. The second-order valence-corrected chi connectivity index (χ2v) is 4.90. The average Bonchev–Trinajstić information content (AvgIpc) is 2.44. The van der Waals surface area contributed by atoms with E-state index in [2.05, 4.69) is 0 Å². The highest BCUT2D eigenvalue weighted by Crippen LogP contribution is 2.16. The second kappa shape index (κ2) is 8.43. The first-order chi connectivity index (χ1) is 9.52. The van der Waals surface area contributed by atoms with Gasteiger partial charge in [-0.3, -0.25) is 9.69 Å². The topological polar surface area (TPSA) is 42.0 Å². The maximum Gasteiger partial charge on any atom is 0.236 e. The second-order valence-electron chi connectivity index (χ2n) is 4.90. The molecule has 0 unspecified atom stereocenters. The minimum absolute atomic E-state index is 0.114. The third-order valence-electron chi connectivity index (χ3n) is 2.92. The van der Waals surface area contributed by atoms with Crippen LogP contribution in [0.15, 0.2) is 24.3 Å². The number of amides is 1. The highest BCUT2D eigenvalue weighted by molar-refractivity contribution is 5.77. The lowest BCUT2D eigenvalue weighted by Gasteiger charge is -2.18. The molecular weight excluding hydrogens is 256 g/mol. The van der Waals surface area contributed by atoms with E-state index in [9.17, 15) is 4.79 Å². The zero-order valence-electron chi connectivity index (χ0n) is 12.8. The van der Waals surface area contributed by atoms with Gasteiger partial charge in [0, 0.05) is 20.6 Å². The predicted molar refractivity (Wildman–Crippen MR) is 79.3 cm³/mol. The Hall–Kier alpha value is -1.75. The molecule has 1 amide bonds. The molecule has 0 saturated carbocycles. The number of rotatable bonds is 8. The van der Waals surface area contributed by atoms with Crippen molar-refractivity contribution in [2.24, 2.45) is 0 Å². The number of carbonyl (C=O) groups excluding carboxylic acids is 1. The standard InChI is InChI=1S/C15H24N2O3/c1-16(2)15(18)12-17(3)10-5-11-20-14-8-6-13(19-4)7-9-14/h6-9H,5,10-12H2,1-4H3. The Bertz CT molecular complexity index is 404. The highest BCUT2D eigenvalue weighted by Gasteiger charge is 2.07. The van der Waals surface area contributed by atoms with E-state index >= 15 is 0 Å². The maximum atomic E-state index is 11.5. The number of benzene rings is 1. The number of carbonyl (C=O) groups is 1. The SMILES string of the molecule is COc1ccc(OCCCN(C)CC(=O)N(C)C)cc1. The van der Waals surface area contributed by atoms with Crippen molar-refractivity contribution >= 4 is 5.91 Å². The average molecular weight is 280 g/mol. The van der Waals surface area contributed by atoms with Crippen molar-refractivity contribution in [1.29, 1.82) is 0 Å². The fraction of sp³-hybridized carbons (Fsp3) is 0.533. The van der Waals surface area contributed by atoms with Crippen molar-refractivity contribution in [2.45, 2.75) is 6.42 Å². The van der Waals surface area contributed by atoms with Crippen LogP contribution >= 0.6 is 0 Å². The molecule has 0 bridgehead atoms. The van der Waals surface area contributed by atoms with Crippen LogP contribution in [-0.2, 0) is 4.79 Å². The van der Waals surface area contributed by atoms with Crippen LogP contribution in [0.3, 0.4) is 0 Å². The van der Waals surface area contributed by atoms with E-state index in [1.165, 1.54) is 0 Å². The molecular formula is C15H24N2O3. The van der Waals surface area contributed by atoms with Gasteiger partial charge in [-0.2, -0.15) is 0 Å². The fourth-order valence-corrected chi connectivity index (χ4v) is 1.65. The third-order valence-corrected chi connectivity index (χ3v) is 2.92. The summed E-state index contributed by atoms with van der Waals surface area (Å²) < 4.78 is 10.7. The van der Waals surface area contributed by atoms with Gasteiger partial charge in [-0.1, -0.05) is 0 Å². The predicted octanol–water partition coefficient (Wildman–Crippen LogP) is 1.48. The van der Waals surface area contributed by atoms with Crippen LogP contribution in [0.4, 0.5) is 0 Å². The molecule has 0 N–H and O–H groups in total. The normalized spacial score (nSPS) is 10.4. The summed E-state index contributed by atoms with van der Waals surface area (Å²) >= 11 is 0. The molecule has 0 fully saturated rings. The van der Waals surface area contributed by atoms with Crippen molar-refractivity contribution in [3.8, 4) is 11.5 Å². The minimum Gasteiger partial charge on any atom is -0.497 e. The van der Waals surface area contributed by atoms with Crippen molar-refractivity contribution < 1.29 is 14.3 Å². The summed E-state index contributed by atoms with van der Waals surface area (Å²) in [6, 6.07) is 7.52. The van der Waals surface area contributed by atoms with Gasteiger partial charge in [-0.15, -0.1) is 0 Å². The van der Waals surface area contributed by atoms with Crippen LogP contribution in [0.5, 0.6) is 11.5 Å². The van der Waals surface area contributed by atoms with Gasteiger partial charge >= 0.3 is 0 Å². The molecule has 1 aromatic rings. The monoisotopic (exact) mass is 280 g/mol. The van der Waals surface area contributed by atoms with E-state index in [-0.39, 0.29) is 5.91 Å². The number of hydrogen-bond donors (Lipinski definition) is 0. The number of likely N-dealkylation sites (N-methyl/N-ethyl adjacent to an activating group) is 2. The van der Waals surface area contributed by atoms with Crippen LogP contribution < -0.4 is 9.47 Å². The number of hydrogen-bond acceptors (Lipinski definition) is 4. The van der Waals surface area contributed by atoms with E-state index in [4.69, 9.17) is 9.47 Å². The fourth-order valence-electron chi connectivity index (χ4n) is 1.65. The number of methoxy groups -OCH3 is 1. The molecule has 0 saturated heterocycles. The lowest BCUT2D eigenvalue weighted by molar-refractivity contribution is -0.129. The lowest BCUT2D eigenvalue weighted by atomic mass is 10.3. The molecule has 1 aromatic carbocycles. The molecule has 0 aliphatic carbocycles. The molecule has 5 nitrogen and oxygen atoms in total. The van der Waals surface area contributed by atoms with E-state index in [0.29, 0.717) is 13.2 Å². The smallest absolute Gasteiger partial charge is 0.236 e. The first-order valence-electron chi connectivity index (χ1n) is 6.68. The van der Waals surface area contributed by atoms with Crippen LogP contribution in [-0.4, -0.2) is 63.7 Å². The summed E-state index contributed by atoms with van der Waals surface area (Å²) in [7, 11) is 7.11. The summed E-state index contributed by atoms with van der Waals surface area (Å²) in [4.78, 5) is 15.1. The van der Waals surface area contributed by atoms with E-state index in [1.54, 1.807) is 26.1 Å². The Morgan fingerprint density at radius 3 is 2.25 bits per heavy atom. The van der Waals surface area contributed by atoms with E-state index in [1.807, 2.05) is 36.2 Å². The van der Waals surface area contributed by atoms with E-state index < -0.39 is 0 Å². The highest BCUT2D eigenvalue weighted by atomic mass is 16.5. The van der Waals surface area contributed by atoms with Crippen LogP contribution in [0.25, 0.3) is 0 Å². The minimum atomic E-state index is 0.114. The first kappa shape index (κ1) is 16.3. The molecule has 0 radical (unpaired) electrons. The van der Waals surface area contributed by atoms with Crippen molar-refractivity contribution in [1.82, 2.24) is 9.80 Å². The van der Waals surface area contributed by atoms with Gasteiger partial charge in [-0.05, 0) is 37.7 Å². The molecule has 0 aliphatic heterocycles. The Balaban J connectivity index is 2.19. The molecule has 0 aromatic heterocycles. The Labute approximate surface area is 121 Å². The summed E-state index contributed by atoms with van der Waals surface area (Å²) in [5.41, 5.74) is 0. The lowest BCUT2D eigenvalue weighted by Crippen LogP contribution is -2.35. The van der Waals surface area contributed by atoms with Gasteiger partial charge in [0.05, 0.1) is 20.3 Å². The van der Waals surface area contributed by atoms with Gasteiger partial charge in [-0.25, -0.2) is 0 Å². The molecule has 1 rings (SSSR count). The van der Waals surface area contributed by atoms with Gasteiger partial charge in [0.1, 0.15) is 11.5 Å². The first-order valence-corrected chi connectivity index (χ1v) is 6.68. The number of nitrogens with zero attached hydrogens (tertiary/aromatic N) is 2. The van der Waals surface area contributed by atoms with Crippen LogP contribution in [0.1, 0.15) is 6.42 Å². The summed E-state index contributed by atoms with van der Waals surface area (Å²) in [6.07, 6.45) is 0.878. The summed E-state index contributed by atoms with van der Waals surface area (Å²) in [5.74, 6) is 1.76. The Morgan fingerprint density at radius 1 is 1.10 bits per heavy atom. The molecule has 0 atom stereocenters. The maximum absolute atomic E-state index is 11.5. The zero-order valence-corrected chi connectivity index (χ0v) is 12.8. The molecule has 0 spiro atoms.